The molecule has 0 unspecified atom stereocenters. The van der Waals surface area contributed by atoms with Crippen LogP contribution in [-0.2, 0) is 9.47 Å². The molecule has 1 aromatic carbocycles. The van der Waals surface area contributed by atoms with Gasteiger partial charge in [-0.1, -0.05) is 49.4 Å². The minimum absolute atomic E-state index is 0.120. The van der Waals surface area contributed by atoms with Crippen molar-refractivity contribution in [3.8, 4) is 0 Å². The van der Waals surface area contributed by atoms with Gasteiger partial charge in [0.1, 0.15) is 0 Å². The Labute approximate surface area is 103 Å². The van der Waals surface area contributed by atoms with Gasteiger partial charge >= 0.3 is 0 Å². The van der Waals surface area contributed by atoms with Crippen molar-refractivity contribution in [2.75, 3.05) is 14.2 Å². The number of aliphatic hydroxyl groups excluding tert-OH is 1. The average molecular weight is 236 g/mol. The minimum Gasteiger partial charge on any atom is -0.389 e. The van der Waals surface area contributed by atoms with Crippen LogP contribution in [-0.4, -0.2) is 31.7 Å². The van der Waals surface area contributed by atoms with Crippen LogP contribution in [0.4, 0.5) is 0 Å². The molecule has 0 aliphatic rings. The highest BCUT2D eigenvalue weighted by Gasteiger charge is 2.21. The molecule has 0 aliphatic heterocycles. The number of rotatable bonds is 6. The Bertz CT molecular complexity index is 331. The fourth-order valence-electron chi connectivity index (χ4n) is 1.64. The molecular weight excluding hydrogens is 216 g/mol. The summed E-state index contributed by atoms with van der Waals surface area (Å²) >= 11 is 0. The van der Waals surface area contributed by atoms with Crippen molar-refractivity contribution in [2.45, 2.75) is 19.3 Å². The molecule has 0 bridgehead atoms. The van der Waals surface area contributed by atoms with Crippen LogP contribution in [0.3, 0.4) is 0 Å². The van der Waals surface area contributed by atoms with Crippen LogP contribution < -0.4 is 0 Å². The van der Waals surface area contributed by atoms with Crippen molar-refractivity contribution in [1.82, 2.24) is 0 Å². The smallest absolute Gasteiger partial charge is 0.162 e. The number of aliphatic hydroxyl groups is 1. The fraction of sp³-hybridized carbons (Fsp3) is 0.429. The zero-order valence-corrected chi connectivity index (χ0v) is 10.5. The third-order valence-corrected chi connectivity index (χ3v) is 2.72. The van der Waals surface area contributed by atoms with Crippen LogP contribution in [0.25, 0.3) is 6.08 Å². The second-order valence-corrected chi connectivity index (χ2v) is 3.96. The first-order valence-electron chi connectivity index (χ1n) is 5.66. The summed E-state index contributed by atoms with van der Waals surface area (Å²) in [5.74, 6) is -0.120. The average Bonchev–Trinajstić information content (AvgIpc) is 2.38. The maximum Gasteiger partial charge on any atom is 0.162 e. The van der Waals surface area contributed by atoms with E-state index in [1.54, 1.807) is 20.3 Å². The summed E-state index contributed by atoms with van der Waals surface area (Å²) in [6.07, 6.45) is 2.65. The summed E-state index contributed by atoms with van der Waals surface area (Å²) in [7, 11) is 3.14. The molecule has 0 saturated heterocycles. The molecule has 0 saturated carbocycles. The third kappa shape index (κ3) is 4.30. The Morgan fingerprint density at radius 3 is 2.24 bits per heavy atom. The Morgan fingerprint density at radius 2 is 1.71 bits per heavy atom. The van der Waals surface area contributed by atoms with Gasteiger partial charge in [-0.05, 0) is 5.56 Å². The Balaban J connectivity index is 2.59. The largest absolute Gasteiger partial charge is 0.389 e. The van der Waals surface area contributed by atoms with E-state index < -0.39 is 12.4 Å². The first-order valence-corrected chi connectivity index (χ1v) is 5.66. The highest BCUT2D eigenvalue weighted by atomic mass is 16.7. The predicted molar refractivity (Wildman–Crippen MR) is 68.5 cm³/mol. The molecule has 2 atom stereocenters. The molecule has 94 valence electrons. The summed E-state index contributed by atoms with van der Waals surface area (Å²) in [5, 5.41) is 9.96. The second-order valence-electron chi connectivity index (χ2n) is 3.96. The SMILES string of the molecule is COC(OC)[C@H](C)[C@H](O)/C=C/c1ccccc1. The number of ether oxygens (including phenoxy) is 2. The maximum absolute atomic E-state index is 9.96. The van der Waals surface area contributed by atoms with Crippen LogP contribution in [0.1, 0.15) is 12.5 Å². The van der Waals surface area contributed by atoms with E-state index in [1.165, 1.54) is 0 Å². The Morgan fingerprint density at radius 1 is 1.12 bits per heavy atom. The molecule has 1 rings (SSSR count). The molecule has 3 nitrogen and oxygen atoms in total. The lowest BCUT2D eigenvalue weighted by atomic mass is 10.0. The molecule has 0 radical (unpaired) electrons. The van der Waals surface area contributed by atoms with Crippen molar-refractivity contribution >= 4 is 6.08 Å². The quantitative estimate of drug-likeness (QED) is 0.770. The van der Waals surface area contributed by atoms with Gasteiger partial charge in [-0.25, -0.2) is 0 Å². The fourth-order valence-corrected chi connectivity index (χ4v) is 1.64. The number of hydrogen-bond donors (Lipinski definition) is 1. The van der Waals surface area contributed by atoms with Gasteiger partial charge in [0.05, 0.1) is 6.10 Å². The van der Waals surface area contributed by atoms with Crippen LogP contribution in [0.15, 0.2) is 36.4 Å². The number of benzene rings is 1. The minimum atomic E-state index is -0.597. The van der Waals surface area contributed by atoms with Gasteiger partial charge in [-0.3, -0.25) is 0 Å². The van der Waals surface area contributed by atoms with E-state index in [9.17, 15) is 5.11 Å². The van der Waals surface area contributed by atoms with Crippen LogP contribution in [0.2, 0.25) is 0 Å². The third-order valence-electron chi connectivity index (χ3n) is 2.72. The molecule has 3 heteroatoms. The predicted octanol–water partition coefficient (Wildman–Crippen LogP) is 2.32. The van der Waals surface area contributed by atoms with Gasteiger partial charge in [0.15, 0.2) is 6.29 Å². The molecule has 17 heavy (non-hydrogen) atoms. The van der Waals surface area contributed by atoms with Crippen LogP contribution in [0, 0.1) is 5.92 Å². The van der Waals surface area contributed by atoms with Crippen molar-refractivity contribution in [3.63, 3.8) is 0 Å². The van der Waals surface area contributed by atoms with E-state index >= 15 is 0 Å². The normalized spacial score (nSPS) is 15.4. The van der Waals surface area contributed by atoms with Gasteiger partial charge < -0.3 is 14.6 Å². The number of hydrogen-bond acceptors (Lipinski definition) is 3. The van der Waals surface area contributed by atoms with Crippen LogP contribution in [0.5, 0.6) is 0 Å². The highest BCUT2D eigenvalue weighted by Crippen LogP contribution is 2.14. The molecular formula is C14H20O3. The highest BCUT2D eigenvalue weighted by molar-refractivity contribution is 5.49. The summed E-state index contributed by atoms with van der Waals surface area (Å²) in [4.78, 5) is 0. The molecule has 1 aromatic rings. The van der Waals surface area contributed by atoms with Crippen molar-refractivity contribution in [2.24, 2.45) is 5.92 Å². The monoisotopic (exact) mass is 236 g/mol. The topological polar surface area (TPSA) is 38.7 Å². The lowest BCUT2D eigenvalue weighted by molar-refractivity contribution is -0.149. The Hall–Kier alpha value is -1.16. The van der Waals surface area contributed by atoms with Crippen molar-refractivity contribution in [3.05, 3.63) is 42.0 Å². The molecule has 0 aliphatic carbocycles. The summed E-state index contributed by atoms with van der Waals surface area (Å²) in [5.41, 5.74) is 1.06. The zero-order valence-electron chi connectivity index (χ0n) is 10.5. The van der Waals surface area contributed by atoms with Crippen LogP contribution >= 0.6 is 0 Å². The maximum atomic E-state index is 9.96. The van der Waals surface area contributed by atoms with E-state index in [0.717, 1.165) is 5.56 Å². The molecule has 0 aromatic heterocycles. The Kier molecular flexibility index (Phi) is 5.91. The standard InChI is InChI=1S/C14H20O3/c1-11(14(16-2)17-3)13(15)10-9-12-7-5-4-6-8-12/h4-11,13-15H,1-3H3/b10-9+/t11-,13-/m1/s1. The summed E-state index contributed by atoms with van der Waals surface area (Å²) in [6.45, 7) is 1.89. The van der Waals surface area contributed by atoms with Crippen molar-refractivity contribution < 1.29 is 14.6 Å². The molecule has 0 spiro atoms. The van der Waals surface area contributed by atoms with E-state index in [2.05, 4.69) is 0 Å². The first kappa shape index (κ1) is 13.9. The lowest BCUT2D eigenvalue weighted by Gasteiger charge is -2.23. The van der Waals surface area contributed by atoms with Gasteiger partial charge in [0.25, 0.3) is 0 Å². The van der Waals surface area contributed by atoms with E-state index in [1.807, 2.05) is 43.3 Å². The molecule has 0 heterocycles. The van der Waals surface area contributed by atoms with Gasteiger partial charge in [-0.2, -0.15) is 0 Å². The summed E-state index contributed by atoms with van der Waals surface area (Å²) in [6, 6.07) is 9.85. The van der Waals surface area contributed by atoms with E-state index in [0.29, 0.717) is 0 Å². The second kappa shape index (κ2) is 7.22. The van der Waals surface area contributed by atoms with E-state index in [-0.39, 0.29) is 5.92 Å². The van der Waals surface area contributed by atoms with Gasteiger partial charge in [0, 0.05) is 20.1 Å². The summed E-state index contributed by atoms with van der Waals surface area (Å²) < 4.78 is 10.2. The van der Waals surface area contributed by atoms with E-state index in [4.69, 9.17) is 9.47 Å². The van der Waals surface area contributed by atoms with Gasteiger partial charge in [0.2, 0.25) is 0 Å². The van der Waals surface area contributed by atoms with Gasteiger partial charge in [-0.15, -0.1) is 0 Å². The lowest BCUT2D eigenvalue weighted by Crippen LogP contribution is -2.31. The zero-order chi connectivity index (χ0) is 12.7. The molecule has 0 amide bonds. The molecule has 0 fully saturated rings. The molecule has 1 N–H and O–H groups in total. The van der Waals surface area contributed by atoms with Crippen molar-refractivity contribution in [1.29, 1.82) is 0 Å². The first-order chi connectivity index (χ1) is 8.19. The number of methoxy groups -OCH3 is 2.